The Morgan fingerprint density at radius 1 is 0.893 bits per heavy atom. The topological polar surface area (TPSA) is 87.1 Å². The van der Waals surface area contributed by atoms with Crippen LogP contribution in [0.1, 0.15) is 10.5 Å². The van der Waals surface area contributed by atoms with Crippen molar-refractivity contribution in [1.82, 2.24) is 19.9 Å². The standard InChI is InChI=1S/C19H18ClN7O/c20-14-3-1-4-15(13-14)24-17(28)16-5-8-23-19(25-16)27-11-9-26(10-12-27)18-21-6-2-7-22-18/h1-8,13H,9-12H2,(H,24,28). The molecule has 0 radical (unpaired) electrons. The molecule has 0 atom stereocenters. The second kappa shape index (κ2) is 8.18. The molecule has 1 aliphatic heterocycles. The maximum atomic E-state index is 12.5. The number of carbonyl (C=O) groups is 1. The zero-order chi connectivity index (χ0) is 19.3. The van der Waals surface area contributed by atoms with Crippen molar-refractivity contribution >= 4 is 35.1 Å². The average molecular weight is 396 g/mol. The van der Waals surface area contributed by atoms with Gasteiger partial charge in [0.05, 0.1) is 0 Å². The molecule has 1 aliphatic rings. The minimum atomic E-state index is -0.303. The van der Waals surface area contributed by atoms with E-state index < -0.39 is 0 Å². The zero-order valence-electron chi connectivity index (χ0n) is 15.0. The molecule has 1 fully saturated rings. The lowest BCUT2D eigenvalue weighted by Crippen LogP contribution is -2.47. The van der Waals surface area contributed by atoms with Gasteiger partial charge < -0.3 is 15.1 Å². The van der Waals surface area contributed by atoms with E-state index in [1.807, 2.05) is 0 Å². The van der Waals surface area contributed by atoms with Crippen LogP contribution in [0.15, 0.2) is 55.0 Å². The van der Waals surface area contributed by atoms with Crippen LogP contribution in [0.3, 0.4) is 0 Å². The summed E-state index contributed by atoms with van der Waals surface area (Å²) in [7, 11) is 0. The number of piperazine rings is 1. The molecule has 28 heavy (non-hydrogen) atoms. The van der Waals surface area contributed by atoms with Crippen LogP contribution in [-0.2, 0) is 0 Å². The number of halogens is 1. The summed E-state index contributed by atoms with van der Waals surface area (Å²) in [6, 6.07) is 10.4. The molecule has 1 N–H and O–H groups in total. The van der Waals surface area contributed by atoms with Crippen molar-refractivity contribution in [2.75, 3.05) is 41.3 Å². The highest BCUT2D eigenvalue weighted by Gasteiger charge is 2.21. The zero-order valence-corrected chi connectivity index (χ0v) is 15.8. The summed E-state index contributed by atoms with van der Waals surface area (Å²) in [5.74, 6) is 0.951. The van der Waals surface area contributed by atoms with Crippen molar-refractivity contribution in [3.05, 3.63) is 65.7 Å². The van der Waals surface area contributed by atoms with Gasteiger partial charge >= 0.3 is 0 Å². The Balaban J connectivity index is 1.42. The van der Waals surface area contributed by atoms with Crippen molar-refractivity contribution in [2.45, 2.75) is 0 Å². The van der Waals surface area contributed by atoms with E-state index in [-0.39, 0.29) is 5.91 Å². The van der Waals surface area contributed by atoms with E-state index in [1.165, 1.54) is 0 Å². The molecule has 0 saturated carbocycles. The number of anilines is 3. The number of carbonyl (C=O) groups excluding carboxylic acids is 1. The summed E-state index contributed by atoms with van der Waals surface area (Å²) < 4.78 is 0. The maximum Gasteiger partial charge on any atom is 0.274 e. The minimum Gasteiger partial charge on any atom is -0.337 e. The van der Waals surface area contributed by atoms with Crippen LogP contribution in [-0.4, -0.2) is 52.0 Å². The fraction of sp³-hybridized carbons (Fsp3) is 0.211. The van der Waals surface area contributed by atoms with Crippen LogP contribution in [0.5, 0.6) is 0 Å². The van der Waals surface area contributed by atoms with Gasteiger partial charge in [0.1, 0.15) is 5.69 Å². The molecular weight excluding hydrogens is 378 g/mol. The van der Waals surface area contributed by atoms with Crippen LogP contribution < -0.4 is 15.1 Å². The number of nitrogens with one attached hydrogen (secondary N) is 1. The van der Waals surface area contributed by atoms with E-state index in [1.54, 1.807) is 55.0 Å². The Morgan fingerprint density at radius 2 is 1.57 bits per heavy atom. The van der Waals surface area contributed by atoms with E-state index in [0.717, 1.165) is 32.1 Å². The SMILES string of the molecule is O=C(Nc1cccc(Cl)c1)c1ccnc(N2CCN(c3ncccn3)CC2)n1. The van der Waals surface area contributed by atoms with Gasteiger partial charge in [-0.25, -0.2) is 19.9 Å². The first-order valence-corrected chi connectivity index (χ1v) is 9.24. The molecule has 2 aromatic heterocycles. The average Bonchev–Trinajstić information content (AvgIpc) is 2.75. The second-order valence-electron chi connectivity index (χ2n) is 6.23. The molecule has 142 valence electrons. The lowest BCUT2D eigenvalue weighted by atomic mass is 10.3. The highest BCUT2D eigenvalue weighted by Crippen LogP contribution is 2.17. The lowest BCUT2D eigenvalue weighted by molar-refractivity contribution is 0.102. The van der Waals surface area contributed by atoms with Crippen molar-refractivity contribution in [3.8, 4) is 0 Å². The Kier molecular flexibility index (Phi) is 5.29. The molecule has 3 aromatic rings. The fourth-order valence-electron chi connectivity index (χ4n) is 2.95. The molecule has 0 aliphatic carbocycles. The third-order valence-corrected chi connectivity index (χ3v) is 4.59. The highest BCUT2D eigenvalue weighted by molar-refractivity contribution is 6.30. The molecule has 8 nitrogen and oxygen atoms in total. The molecule has 9 heteroatoms. The summed E-state index contributed by atoms with van der Waals surface area (Å²) in [4.78, 5) is 34.0. The second-order valence-corrected chi connectivity index (χ2v) is 6.67. The van der Waals surface area contributed by atoms with Crippen LogP contribution in [0.25, 0.3) is 0 Å². The summed E-state index contributed by atoms with van der Waals surface area (Å²) >= 11 is 5.96. The third kappa shape index (κ3) is 4.17. The molecule has 0 bridgehead atoms. The van der Waals surface area contributed by atoms with Gasteiger partial charge in [0.25, 0.3) is 5.91 Å². The number of aromatic nitrogens is 4. The number of nitrogens with zero attached hydrogens (tertiary/aromatic N) is 6. The summed E-state index contributed by atoms with van der Waals surface area (Å²) in [6.07, 6.45) is 5.07. The van der Waals surface area contributed by atoms with Crippen molar-refractivity contribution < 1.29 is 4.79 Å². The fourth-order valence-corrected chi connectivity index (χ4v) is 3.14. The van der Waals surface area contributed by atoms with Crippen LogP contribution in [0.4, 0.5) is 17.6 Å². The van der Waals surface area contributed by atoms with E-state index in [9.17, 15) is 4.79 Å². The van der Waals surface area contributed by atoms with E-state index in [0.29, 0.717) is 22.4 Å². The van der Waals surface area contributed by atoms with Gasteiger partial charge in [-0.05, 0) is 30.3 Å². The summed E-state index contributed by atoms with van der Waals surface area (Å²) in [6.45, 7) is 2.95. The van der Waals surface area contributed by atoms with Gasteiger partial charge in [0.2, 0.25) is 11.9 Å². The van der Waals surface area contributed by atoms with Crippen molar-refractivity contribution in [1.29, 1.82) is 0 Å². The van der Waals surface area contributed by atoms with E-state index in [4.69, 9.17) is 11.6 Å². The number of hydrogen-bond donors (Lipinski definition) is 1. The smallest absolute Gasteiger partial charge is 0.274 e. The van der Waals surface area contributed by atoms with Gasteiger partial charge in [-0.2, -0.15) is 0 Å². The van der Waals surface area contributed by atoms with Crippen molar-refractivity contribution in [2.24, 2.45) is 0 Å². The number of hydrogen-bond acceptors (Lipinski definition) is 7. The first kappa shape index (κ1) is 18.1. The highest BCUT2D eigenvalue weighted by atomic mass is 35.5. The van der Waals surface area contributed by atoms with Gasteiger partial charge in [0, 0.05) is 55.5 Å². The molecule has 1 amide bonds. The molecule has 4 rings (SSSR count). The van der Waals surface area contributed by atoms with Gasteiger partial charge in [-0.1, -0.05) is 17.7 Å². The third-order valence-electron chi connectivity index (χ3n) is 4.36. The quantitative estimate of drug-likeness (QED) is 0.726. The Morgan fingerprint density at radius 3 is 2.29 bits per heavy atom. The lowest BCUT2D eigenvalue weighted by Gasteiger charge is -2.34. The van der Waals surface area contributed by atoms with E-state index in [2.05, 4.69) is 35.1 Å². The molecule has 1 aromatic carbocycles. The molecule has 0 unspecified atom stereocenters. The first-order valence-electron chi connectivity index (χ1n) is 8.86. The Labute approximate surface area is 167 Å². The molecular formula is C19H18ClN7O. The number of rotatable bonds is 4. The molecule has 0 spiro atoms. The van der Waals surface area contributed by atoms with Crippen LogP contribution in [0, 0.1) is 0 Å². The van der Waals surface area contributed by atoms with Gasteiger partial charge in [-0.3, -0.25) is 4.79 Å². The minimum absolute atomic E-state index is 0.303. The predicted octanol–water partition coefficient (Wildman–Crippen LogP) is 2.50. The summed E-state index contributed by atoms with van der Waals surface area (Å²) in [5, 5.41) is 3.36. The predicted molar refractivity (Wildman–Crippen MR) is 108 cm³/mol. The van der Waals surface area contributed by atoms with Gasteiger partial charge in [-0.15, -0.1) is 0 Å². The normalized spacial score (nSPS) is 14.0. The largest absolute Gasteiger partial charge is 0.337 e. The van der Waals surface area contributed by atoms with Crippen LogP contribution >= 0.6 is 11.6 Å². The van der Waals surface area contributed by atoms with E-state index >= 15 is 0 Å². The Bertz CT molecular complexity index is 961. The molecule has 1 saturated heterocycles. The van der Waals surface area contributed by atoms with Crippen LogP contribution in [0.2, 0.25) is 5.02 Å². The summed E-state index contributed by atoms with van der Waals surface area (Å²) in [5.41, 5.74) is 0.924. The maximum absolute atomic E-state index is 12.5. The number of amides is 1. The monoisotopic (exact) mass is 395 g/mol. The molecule has 3 heterocycles. The van der Waals surface area contributed by atoms with Gasteiger partial charge in [0.15, 0.2) is 0 Å². The Hall–Kier alpha value is -3.26. The van der Waals surface area contributed by atoms with Crippen molar-refractivity contribution in [3.63, 3.8) is 0 Å². The number of benzene rings is 1. The first-order chi connectivity index (χ1) is 13.7.